The predicted octanol–water partition coefficient (Wildman–Crippen LogP) is 17.3. The number of unbranched alkanes of at least 4 members (excludes halogenated alkanes) is 28. The number of ether oxygens (including phenoxy) is 2. The van der Waals surface area contributed by atoms with Gasteiger partial charge in [0.2, 0.25) is 0 Å². The number of amides is 2. The second-order valence-electron chi connectivity index (χ2n) is 21.1. The molecule has 11 heteroatoms. The van der Waals surface area contributed by atoms with Gasteiger partial charge in [-0.05, 0) is 42.6 Å². The van der Waals surface area contributed by atoms with E-state index in [0.29, 0.717) is 13.0 Å². The quantitative estimate of drug-likeness (QED) is 0.0255. The Balaban J connectivity index is 1.04. The van der Waals surface area contributed by atoms with Crippen LogP contribution in [0.5, 0.6) is 0 Å². The molecular weight excluding hydrogens is 951 g/mol. The van der Waals surface area contributed by atoms with E-state index < -0.39 is 35.3 Å². The van der Waals surface area contributed by atoms with Crippen molar-refractivity contribution < 1.29 is 38.2 Å². The molecule has 0 saturated heterocycles. The minimum Gasteiger partial charge on any atom is -0.449 e. The predicted molar refractivity (Wildman–Crippen MR) is 306 cm³/mol. The molecule has 0 atom stereocenters. The number of fused-ring (bicyclic) bond motifs is 4. The first-order valence-corrected chi connectivity index (χ1v) is 29.6. The van der Waals surface area contributed by atoms with Crippen LogP contribution in [0.15, 0.2) is 72.8 Å². The van der Waals surface area contributed by atoms with E-state index in [-0.39, 0.29) is 80.3 Å². The lowest BCUT2D eigenvalue weighted by Gasteiger charge is -2.26. The molecule has 6 rings (SSSR count). The summed E-state index contributed by atoms with van der Waals surface area (Å²) >= 11 is 0. The van der Waals surface area contributed by atoms with Gasteiger partial charge in [0.15, 0.2) is 23.1 Å². The highest BCUT2D eigenvalue weighted by molar-refractivity contribution is 6.35. The molecule has 0 spiro atoms. The summed E-state index contributed by atoms with van der Waals surface area (Å²) in [5.41, 5.74) is 1.11. The molecule has 410 valence electrons. The van der Waals surface area contributed by atoms with Crippen molar-refractivity contribution in [3.8, 4) is 11.1 Å². The number of rotatable bonds is 37. The van der Waals surface area contributed by atoms with Gasteiger partial charge in [0.1, 0.15) is 6.73 Å². The molecule has 0 saturated carbocycles. The lowest BCUT2D eigenvalue weighted by atomic mass is 9.75. The van der Waals surface area contributed by atoms with Crippen molar-refractivity contribution in [2.45, 2.75) is 206 Å². The summed E-state index contributed by atoms with van der Waals surface area (Å²) in [4.78, 5) is 84.7. The van der Waals surface area contributed by atoms with Crippen LogP contribution in [0, 0.1) is 0 Å². The van der Waals surface area contributed by atoms with Gasteiger partial charge in [-0.2, -0.15) is 0 Å². The summed E-state index contributed by atoms with van der Waals surface area (Å²) in [6.45, 7) is 5.36. The molecule has 3 N–H and O–H groups in total. The fourth-order valence-corrected chi connectivity index (χ4v) is 10.8. The molecular formula is C65H87N3O8. The van der Waals surface area contributed by atoms with Crippen LogP contribution in [0.25, 0.3) is 11.1 Å². The minimum atomic E-state index is -0.811. The summed E-state index contributed by atoms with van der Waals surface area (Å²) in [6.07, 6.45) is 36.0. The number of ketones is 4. The molecule has 11 nitrogen and oxygen atoms in total. The van der Waals surface area contributed by atoms with E-state index in [9.17, 15) is 28.8 Å². The molecule has 0 unspecified atom stereocenters. The summed E-state index contributed by atoms with van der Waals surface area (Å²) in [5, 5.41) is 8.60. The van der Waals surface area contributed by atoms with E-state index in [1.165, 1.54) is 166 Å². The van der Waals surface area contributed by atoms with Crippen LogP contribution in [0.1, 0.15) is 270 Å². The minimum absolute atomic E-state index is 0.0226. The normalized spacial score (nSPS) is 12.5. The maximum Gasteiger partial charge on any atom is 0.412 e. The van der Waals surface area contributed by atoms with Crippen LogP contribution in [-0.4, -0.2) is 55.2 Å². The van der Waals surface area contributed by atoms with Crippen molar-refractivity contribution >= 4 is 46.7 Å². The first-order chi connectivity index (χ1) is 37.3. The second-order valence-corrected chi connectivity index (χ2v) is 21.1. The number of carbonyl (C=O) groups is 6. The van der Waals surface area contributed by atoms with Crippen molar-refractivity contribution in [3.05, 3.63) is 117 Å². The van der Waals surface area contributed by atoms with Gasteiger partial charge in [-0.25, -0.2) is 9.59 Å². The Kier molecular flexibility index (Phi) is 26.0. The highest BCUT2D eigenvalue weighted by Crippen LogP contribution is 2.44. The third-order valence-corrected chi connectivity index (χ3v) is 15.2. The molecule has 0 bridgehead atoms. The maximum atomic E-state index is 14.6. The molecule has 76 heavy (non-hydrogen) atoms. The highest BCUT2D eigenvalue weighted by atomic mass is 16.6. The van der Waals surface area contributed by atoms with Gasteiger partial charge >= 0.3 is 12.2 Å². The van der Waals surface area contributed by atoms with Crippen molar-refractivity contribution in [3.63, 3.8) is 0 Å². The van der Waals surface area contributed by atoms with E-state index in [4.69, 9.17) is 9.47 Å². The molecule has 4 aromatic carbocycles. The number of nitrogens with one attached hydrogen (secondary N) is 3. The lowest BCUT2D eigenvalue weighted by molar-refractivity contribution is 0.0978. The van der Waals surface area contributed by atoms with Gasteiger partial charge in [0, 0.05) is 33.4 Å². The number of hydrogen-bond acceptors (Lipinski definition) is 9. The maximum absolute atomic E-state index is 14.6. The fraction of sp³-hybridized carbons (Fsp3) is 0.538. The van der Waals surface area contributed by atoms with E-state index in [1.54, 1.807) is 60.7 Å². The largest absolute Gasteiger partial charge is 0.449 e. The van der Waals surface area contributed by atoms with E-state index in [0.717, 1.165) is 32.1 Å². The van der Waals surface area contributed by atoms with Crippen molar-refractivity contribution in [1.29, 1.82) is 0 Å². The molecule has 0 heterocycles. The third kappa shape index (κ3) is 17.5. The monoisotopic (exact) mass is 1040 g/mol. The van der Waals surface area contributed by atoms with Crippen LogP contribution in [0.4, 0.5) is 21.0 Å². The van der Waals surface area contributed by atoms with Crippen LogP contribution in [-0.2, 0) is 9.47 Å². The molecule has 2 amide bonds. The summed E-state index contributed by atoms with van der Waals surface area (Å²) < 4.78 is 11.1. The summed E-state index contributed by atoms with van der Waals surface area (Å²) in [6, 6.07) is 19.1. The molecule has 0 aromatic heterocycles. The summed E-state index contributed by atoms with van der Waals surface area (Å²) in [5.74, 6) is -1.96. The number of carbonyl (C=O) groups excluding carboxylic acids is 6. The highest BCUT2D eigenvalue weighted by Gasteiger charge is 2.39. The van der Waals surface area contributed by atoms with Gasteiger partial charge in [-0.1, -0.05) is 254 Å². The Morgan fingerprint density at radius 1 is 0.342 bits per heavy atom. The second kappa shape index (κ2) is 33.3. The number of anilines is 2. The number of benzene rings is 4. The Bertz CT molecular complexity index is 2360. The fourth-order valence-electron chi connectivity index (χ4n) is 10.8. The van der Waals surface area contributed by atoms with E-state index >= 15 is 0 Å². The van der Waals surface area contributed by atoms with Crippen LogP contribution < -0.4 is 16.0 Å². The Hall–Kier alpha value is -5.94. The Morgan fingerprint density at radius 3 is 1.00 bits per heavy atom. The molecule has 0 fully saturated rings. The first kappa shape index (κ1) is 59.3. The lowest BCUT2D eigenvalue weighted by Crippen LogP contribution is -2.28. The Morgan fingerprint density at radius 2 is 0.645 bits per heavy atom. The molecule has 0 radical (unpaired) electrons. The molecule has 4 aromatic rings. The standard InChI is InChI=1S/C65H87N3O8/c1-3-5-7-9-11-13-15-17-19-20-22-24-26-28-30-36-46-75-64(73)67-54-43-41-48(56-58(54)62(71)52-39-33-31-37-50(52)60(56)69)49-42-44-55(59-57(49)61(70)51-38-32-34-40-53(51)63(59)72)68-65(74)76-47-66-45-35-29-27-25-23-21-18-16-14-12-10-8-6-4-2/h31-34,37-44,66H,3-30,35-36,45-47H2,1-2H3,(H,67,73)(H,68,74). The molecule has 2 aliphatic carbocycles. The van der Waals surface area contributed by atoms with E-state index in [2.05, 4.69) is 29.8 Å². The summed E-state index contributed by atoms with van der Waals surface area (Å²) in [7, 11) is 0. The van der Waals surface area contributed by atoms with Gasteiger partial charge in [0.25, 0.3) is 0 Å². The van der Waals surface area contributed by atoms with E-state index in [1.807, 2.05) is 0 Å². The van der Waals surface area contributed by atoms with Crippen molar-refractivity contribution in [2.75, 3.05) is 30.5 Å². The zero-order chi connectivity index (χ0) is 53.7. The number of hydrogen-bond donors (Lipinski definition) is 3. The molecule has 0 aliphatic heterocycles. The van der Waals surface area contributed by atoms with Gasteiger partial charge < -0.3 is 9.47 Å². The van der Waals surface area contributed by atoms with Crippen molar-refractivity contribution in [1.82, 2.24) is 5.32 Å². The van der Waals surface area contributed by atoms with Gasteiger partial charge in [0.05, 0.1) is 29.1 Å². The SMILES string of the molecule is CCCCCCCCCCCCCCCCCCOC(=O)Nc1ccc(-c2ccc(NC(=O)OCNCCCCCCCCCCCCCCCC)c3c2C(=O)c2ccccc2C3=O)c2c1C(=O)c1ccccc1C2=O. The van der Waals surface area contributed by atoms with Crippen LogP contribution >= 0.6 is 0 Å². The van der Waals surface area contributed by atoms with Crippen molar-refractivity contribution in [2.24, 2.45) is 0 Å². The van der Waals surface area contributed by atoms with Crippen LogP contribution in [0.2, 0.25) is 0 Å². The smallest absolute Gasteiger partial charge is 0.412 e. The van der Waals surface area contributed by atoms with Crippen LogP contribution in [0.3, 0.4) is 0 Å². The zero-order valence-electron chi connectivity index (χ0n) is 46.0. The topological polar surface area (TPSA) is 157 Å². The first-order valence-electron chi connectivity index (χ1n) is 29.6. The van der Waals surface area contributed by atoms with Gasteiger partial charge in [-0.15, -0.1) is 0 Å². The Labute approximate surface area is 453 Å². The third-order valence-electron chi connectivity index (χ3n) is 15.2. The average Bonchev–Trinajstić information content (AvgIpc) is 3.44. The molecule has 2 aliphatic rings. The average molecular weight is 1040 g/mol. The zero-order valence-corrected chi connectivity index (χ0v) is 46.0. The van der Waals surface area contributed by atoms with Gasteiger partial charge in [-0.3, -0.25) is 35.1 Å².